The molecule has 0 amide bonds. The Labute approximate surface area is 49.1 Å². The fourth-order valence-corrected chi connectivity index (χ4v) is 0. The number of rotatable bonds is 0. The van der Waals surface area contributed by atoms with Crippen molar-refractivity contribution < 1.29 is 39.4 Å². The van der Waals surface area contributed by atoms with Crippen molar-refractivity contribution in [3.05, 3.63) is 10.1 Å². The number of hydrogen-bond donors (Lipinski definition) is 0. The van der Waals surface area contributed by atoms with E-state index in [-0.39, 0.29) is 39.4 Å². The molecule has 0 fully saturated rings. The second-order valence-electron chi connectivity index (χ2n) is 0.257. The Kier molecular flexibility index (Phi) is 2.35. The van der Waals surface area contributed by atoms with E-state index in [9.17, 15) is 0 Å². The maximum absolute atomic E-state index is 8.88. The van der Waals surface area contributed by atoms with Crippen molar-refractivity contribution in [3.63, 3.8) is 0 Å². The minimum atomic E-state index is -0.332. The third-order valence-corrected chi connectivity index (χ3v) is 0. The van der Waals surface area contributed by atoms with Crippen LogP contribution in [0.1, 0.15) is 0 Å². The zero-order valence-electron chi connectivity index (χ0n) is 1.76. The van der Waals surface area contributed by atoms with Gasteiger partial charge in [-0.1, -0.05) is 0 Å². The van der Waals surface area contributed by atoms with E-state index in [4.69, 9.17) is 10.1 Å². The molecule has 0 rings (SSSR count). The monoisotopic (exact) mass is 278 g/mol. The van der Waals surface area contributed by atoms with Gasteiger partial charge in [0.15, 0.2) is 0 Å². The van der Waals surface area contributed by atoms with Crippen LogP contribution in [0.25, 0.3) is 0 Å². The normalized spacial score (nSPS) is 6.50. The van der Waals surface area contributed by atoms with Gasteiger partial charge in [-0.25, -0.2) is 0 Å². The van der Waals surface area contributed by atoms with Gasteiger partial charge < -0.3 is 0 Å². The van der Waals surface area contributed by atoms with E-state index in [0.717, 1.165) is 0 Å². The molecule has 0 aliphatic heterocycles. The molecule has 0 heterocycles. The van der Waals surface area contributed by atoms with Crippen LogP contribution in [-0.4, -0.2) is 1.12 Å². The average molecular weight is 278 g/mol. The van der Waals surface area contributed by atoms with Gasteiger partial charge in [0.05, 0.1) is 0 Å². The molecule has 0 aromatic carbocycles. The van der Waals surface area contributed by atoms with Crippen LogP contribution in [0.3, 0.4) is 0 Å². The summed E-state index contributed by atoms with van der Waals surface area (Å²) in [5, 5.41) is 8.88. The molecule has 4 heavy (non-hydrogen) atoms. The zero-order chi connectivity index (χ0) is 3.58. The summed E-state index contributed by atoms with van der Waals surface area (Å²) in [6, 6.07) is 0. The fraction of sp³-hybridized carbons (Fsp3) is 0. The van der Waals surface area contributed by atoms with E-state index in [2.05, 4.69) is 0 Å². The quantitative estimate of drug-likeness (QED) is 0.452. The molecule has 0 spiro atoms. The van der Waals surface area contributed by atoms with Crippen LogP contribution in [0.4, 0.5) is 0 Å². The van der Waals surface area contributed by atoms with Crippen LogP contribution < -0.4 is 0 Å². The van der Waals surface area contributed by atoms with E-state index < -0.39 is 0 Å². The van der Waals surface area contributed by atoms with Crippen LogP contribution in [0, 0.1) is 48.4 Å². The van der Waals surface area contributed by atoms with Crippen molar-refractivity contribution in [1.29, 1.82) is 0 Å². The molecule has 0 bridgehead atoms. The molecule has 4 heteroatoms. The third kappa shape index (κ3) is 15.4. The molecule has 3 nitrogen and oxygen atoms in total. The van der Waals surface area contributed by atoms with Gasteiger partial charge in [-0.2, -0.15) is 0 Å². The molecule has 0 saturated heterocycles. The number of nitrogens with zero attached hydrogens (tertiary/aromatic N) is 1. The molecule has 0 aliphatic rings. The standard InChI is InChI=1S/NO2.Th/c2-1-3;. The molecule has 0 unspecified atom stereocenters. The Morgan fingerprint density at radius 1 is 2.00 bits per heavy atom. The van der Waals surface area contributed by atoms with Gasteiger partial charge in [0.25, 0.3) is 0 Å². The summed E-state index contributed by atoms with van der Waals surface area (Å²) < 4.78 is -0.332. The summed E-state index contributed by atoms with van der Waals surface area (Å²) in [7, 11) is 0. The van der Waals surface area contributed by atoms with Gasteiger partial charge in [-0.3, -0.25) is 0 Å². The molecule has 0 saturated carbocycles. The van der Waals surface area contributed by atoms with Crippen molar-refractivity contribution in [1.82, 2.24) is 0 Å². The Morgan fingerprint density at radius 2 is 2.00 bits per heavy atom. The Bertz CT molecular complexity index is 29.0. The Balaban J connectivity index is 2.80. The van der Waals surface area contributed by atoms with E-state index in [0.29, 0.717) is 0 Å². The molecule has 0 aromatic rings. The topological polar surface area (TPSA) is 43.1 Å². The van der Waals surface area contributed by atoms with Crippen LogP contribution in [0.15, 0.2) is 0 Å². The summed E-state index contributed by atoms with van der Waals surface area (Å²) in [5.41, 5.74) is 0. The molecule has 0 radical (unpaired) electrons. The first kappa shape index (κ1) is 4.72. The van der Waals surface area contributed by atoms with E-state index in [1.807, 2.05) is 0 Å². The molecular weight excluding hydrogens is 278 g/mol. The van der Waals surface area contributed by atoms with Gasteiger partial charge in [-0.15, -0.1) is 0 Å². The van der Waals surface area contributed by atoms with Crippen LogP contribution >= 0.6 is 0 Å². The first-order chi connectivity index (χ1) is 1.73. The SMILES string of the molecule is O=[N+]([O-])[Th]. The second-order valence-corrected chi connectivity index (χ2v) is 1.76. The summed E-state index contributed by atoms with van der Waals surface area (Å²) in [6.45, 7) is 0. The molecule has 0 atom stereocenters. The summed E-state index contributed by atoms with van der Waals surface area (Å²) in [5.74, 6) is 0. The number of nitro groups is 1. The first-order valence-corrected chi connectivity index (χ1v) is 2.43. The summed E-state index contributed by atoms with van der Waals surface area (Å²) in [4.78, 5) is 8.88. The van der Waals surface area contributed by atoms with Gasteiger partial charge in [0.2, 0.25) is 0 Å². The van der Waals surface area contributed by atoms with Crippen LogP contribution in [0.2, 0.25) is 0 Å². The maximum atomic E-state index is 8.88. The average Bonchev–Trinajstić information content (AvgIpc) is 0.811. The number of hydrogen-bond acceptors (Lipinski definition) is 2. The summed E-state index contributed by atoms with van der Waals surface area (Å²) in [6.07, 6.45) is 0. The second kappa shape index (κ2) is 1.99. The van der Waals surface area contributed by atoms with Crippen molar-refractivity contribution in [2.75, 3.05) is 0 Å². The molecule has 0 N–H and O–H groups in total. The van der Waals surface area contributed by atoms with E-state index in [1.165, 1.54) is 0 Å². The third-order valence-electron chi connectivity index (χ3n) is 0. The molecule has 0 aliphatic carbocycles. The van der Waals surface area contributed by atoms with Gasteiger partial charge >= 0.3 is 49.5 Å². The van der Waals surface area contributed by atoms with Gasteiger partial charge in [0, 0.05) is 0 Å². The Morgan fingerprint density at radius 3 is 2.00 bits per heavy atom. The van der Waals surface area contributed by atoms with Crippen molar-refractivity contribution in [2.45, 2.75) is 0 Å². The predicted octanol–water partition coefficient (Wildman–Crippen LogP) is -0.273. The van der Waals surface area contributed by atoms with Crippen molar-refractivity contribution in [2.24, 2.45) is 0 Å². The van der Waals surface area contributed by atoms with Gasteiger partial charge in [0.1, 0.15) is 0 Å². The summed E-state index contributed by atoms with van der Waals surface area (Å²) >= 11 is -0.103. The Hall–Kier alpha value is 0.725. The van der Waals surface area contributed by atoms with Crippen molar-refractivity contribution >= 4 is 0 Å². The predicted molar refractivity (Wildman–Crippen MR) is 6.99 cm³/mol. The first-order valence-electron chi connectivity index (χ1n) is 0.589. The minimum absolute atomic E-state index is 0.103. The molecular formula is NO2Th. The van der Waals surface area contributed by atoms with Crippen molar-refractivity contribution in [3.8, 4) is 0 Å². The fourth-order valence-electron chi connectivity index (χ4n) is 0. The van der Waals surface area contributed by atoms with E-state index >= 15 is 0 Å². The van der Waals surface area contributed by atoms with Gasteiger partial charge in [-0.05, 0) is 0 Å². The molecule has 0 aromatic heterocycles. The van der Waals surface area contributed by atoms with Crippen LogP contribution in [0.5, 0.6) is 0 Å². The zero-order valence-corrected chi connectivity index (χ0v) is 5.87. The van der Waals surface area contributed by atoms with Crippen LogP contribution in [-0.2, 0) is 0 Å². The molecule has 21 valence electrons. The van der Waals surface area contributed by atoms with E-state index in [1.54, 1.807) is 0 Å².